The second-order valence-electron chi connectivity index (χ2n) is 5.98. The molecular formula is C18H21N5. The van der Waals surface area contributed by atoms with Gasteiger partial charge in [-0.1, -0.05) is 6.07 Å². The number of nitrogens with zero attached hydrogens (tertiary/aromatic N) is 5. The monoisotopic (exact) mass is 307 g/mol. The third-order valence-electron chi connectivity index (χ3n) is 4.22. The number of nitriles is 1. The molecule has 2 aromatic rings. The molecule has 0 atom stereocenters. The molecule has 1 saturated heterocycles. The van der Waals surface area contributed by atoms with Crippen LogP contribution in [-0.2, 0) is 6.54 Å². The summed E-state index contributed by atoms with van der Waals surface area (Å²) in [7, 11) is 0. The zero-order valence-electron chi connectivity index (χ0n) is 13.7. The van der Waals surface area contributed by atoms with Gasteiger partial charge >= 0.3 is 0 Å². The van der Waals surface area contributed by atoms with E-state index in [1.165, 1.54) is 0 Å². The van der Waals surface area contributed by atoms with E-state index in [1.54, 1.807) is 0 Å². The average molecular weight is 307 g/mol. The Morgan fingerprint density at radius 3 is 2.61 bits per heavy atom. The first-order valence-electron chi connectivity index (χ1n) is 7.93. The molecule has 3 rings (SSSR count). The van der Waals surface area contributed by atoms with Crippen LogP contribution in [0.1, 0.15) is 22.5 Å². The molecule has 5 nitrogen and oxygen atoms in total. The number of hydrogen-bond donors (Lipinski definition) is 0. The van der Waals surface area contributed by atoms with Crippen molar-refractivity contribution in [3.05, 3.63) is 53.0 Å². The van der Waals surface area contributed by atoms with E-state index in [0.29, 0.717) is 5.56 Å². The number of aryl methyl sites for hydroxylation is 2. The van der Waals surface area contributed by atoms with Crippen molar-refractivity contribution in [3.63, 3.8) is 0 Å². The molecule has 118 valence electrons. The van der Waals surface area contributed by atoms with Crippen molar-refractivity contribution in [2.24, 2.45) is 0 Å². The Morgan fingerprint density at radius 2 is 1.96 bits per heavy atom. The molecule has 3 heterocycles. The molecular weight excluding hydrogens is 286 g/mol. The van der Waals surface area contributed by atoms with E-state index in [4.69, 9.17) is 0 Å². The van der Waals surface area contributed by atoms with Gasteiger partial charge in [0.25, 0.3) is 0 Å². The van der Waals surface area contributed by atoms with Gasteiger partial charge in [0.15, 0.2) is 0 Å². The fourth-order valence-corrected chi connectivity index (χ4v) is 3.02. The van der Waals surface area contributed by atoms with Crippen molar-refractivity contribution in [2.45, 2.75) is 20.4 Å². The Balaban J connectivity index is 1.69. The summed E-state index contributed by atoms with van der Waals surface area (Å²) in [6.07, 6.45) is 1.84. The van der Waals surface area contributed by atoms with Crippen LogP contribution in [0.25, 0.3) is 0 Å². The molecule has 0 saturated carbocycles. The zero-order valence-corrected chi connectivity index (χ0v) is 13.7. The van der Waals surface area contributed by atoms with Crippen LogP contribution in [0.4, 0.5) is 5.82 Å². The Morgan fingerprint density at radius 1 is 1.17 bits per heavy atom. The molecule has 1 aliphatic heterocycles. The highest BCUT2D eigenvalue weighted by atomic mass is 15.3. The largest absolute Gasteiger partial charge is 0.353 e. The van der Waals surface area contributed by atoms with Crippen LogP contribution in [0.2, 0.25) is 0 Å². The first kappa shape index (κ1) is 15.4. The van der Waals surface area contributed by atoms with Crippen LogP contribution in [0, 0.1) is 25.2 Å². The summed E-state index contributed by atoms with van der Waals surface area (Å²) in [5.41, 5.74) is 3.77. The van der Waals surface area contributed by atoms with Crippen molar-refractivity contribution in [1.82, 2.24) is 14.9 Å². The van der Waals surface area contributed by atoms with Gasteiger partial charge < -0.3 is 4.90 Å². The van der Waals surface area contributed by atoms with Crippen LogP contribution in [0.3, 0.4) is 0 Å². The highest BCUT2D eigenvalue weighted by molar-refractivity contribution is 5.58. The fourth-order valence-electron chi connectivity index (χ4n) is 3.02. The normalized spacial score (nSPS) is 15.4. The van der Waals surface area contributed by atoms with Gasteiger partial charge in [0.1, 0.15) is 11.9 Å². The number of rotatable bonds is 3. The smallest absolute Gasteiger partial charge is 0.147 e. The quantitative estimate of drug-likeness (QED) is 0.871. The molecule has 2 aromatic heterocycles. The maximum absolute atomic E-state index is 9.43. The Kier molecular flexibility index (Phi) is 4.54. The summed E-state index contributed by atoms with van der Waals surface area (Å²) in [6, 6.07) is 10.3. The van der Waals surface area contributed by atoms with E-state index in [0.717, 1.165) is 55.5 Å². The third kappa shape index (κ3) is 3.49. The molecule has 0 aliphatic carbocycles. The van der Waals surface area contributed by atoms with E-state index in [1.807, 2.05) is 38.2 Å². The SMILES string of the molecule is Cc1cc(C)c(C#N)c(N2CCN(Cc3ccccn3)CC2)n1. The van der Waals surface area contributed by atoms with Crippen molar-refractivity contribution >= 4 is 5.82 Å². The summed E-state index contributed by atoms with van der Waals surface area (Å²) in [6.45, 7) is 8.52. The van der Waals surface area contributed by atoms with Crippen molar-refractivity contribution < 1.29 is 0 Å². The van der Waals surface area contributed by atoms with Gasteiger partial charge in [-0.05, 0) is 37.6 Å². The highest BCUT2D eigenvalue weighted by Gasteiger charge is 2.21. The number of pyridine rings is 2. The van der Waals surface area contributed by atoms with Crippen LogP contribution in [0.5, 0.6) is 0 Å². The fraction of sp³-hybridized carbons (Fsp3) is 0.389. The molecule has 23 heavy (non-hydrogen) atoms. The predicted octanol–water partition coefficient (Wildman–Crippen LogP) is 2.29. The van der Waals surface area contributed by atoms with Crippen molar-refractivity contribution in [2.75, 3.05) is 31.1 Å². The van der Waals surface area contributed by atoms with E-state index < -0.39 is 0 Å². The Labute approximate surface area is 137 Å². The predicted molar refractivity (Wildman–Crippen MR) is 90.2 cm³/mol. The number of piperazine rings is 1. The highest BCUT2D eigenvalue weighted by Crippen LogP contribution is 2.23. The maximum Gasteiger partial charge on any atom is 0.147 e. The molecule has 0 unspecified atom stereocenters. The summed E-state index contributed by atoms with van der Waals surface area (Å²) in [5, 5.41) is 9.43. The number of hydrogen-bond acceptors (Lipinski definition) is 5. The zero-order chi connectivity index (χ0) is 16.2. The van der Waals surface area contributed by atoms with Crippen LogP contribution in [0.15, 0.2) is 30.5 Å². The van der Waals surface area contributed by atoms with Crippen LogP contribution >= 0.6 is 0 Å². The lowest BCUT2D eigenvalue weighted by Gasteiger charge is -2.35. The molecule has 1 aliphatic rings. The van der Waals surface area contributed by atoms with E-state index in [2.05, 4.69) is 31.9 Å². The maximum atomic E-state index is 9.43. The Hall–Kier alpha value is -2.45. The summed E-state index contributed by atoms with van der Waals surface area (Å²) >= 11 is 0. The van der Waals surface area contributed by atoms with Gasteiger partial charge in [-0.25, -0.2) is 4.98 Å². The third-order valence-corrected chi connectivity index (χ3v) is 4.22. The standard InChI is InChI=1S/C18H21N5/c1-14-11-15(2)21-18(17(14)12-19)23-9-7-22(8-10-23)13-16-5-3-4-6-20-16/h3-6,11H,7-10,13H2,1-2H3. The summed E-state index contributed by atoms with van der Waals surface area (Å²) in [5.74, 6) is 0.836. The molecule has 0 bridgehead atoms. The van der Waals surface area contributed by atoms with Gasteiger partial charge in [0.2, 0.25) is 0 Å². The second-order valence-corrected chi connectivity index (χ2v) is 5.98. The topological polar surface area (TPSA) is 56.1 Å². The second kappa shape index (κ2) is 6.76. The minimum atomic E-state index is 0.703. The van der Waals surface area contributed by atoms with Gasteiger partial charge in [0.05, 0.1) is 11.3 Å². The lowest BCUT2D eigenvalue weighted by Crippen LogP contribution is -2.46. The first-order chi connectivity index (χ1) is 11.2. The van der Waals surface area contributed by atoms with Gasteiger partial charge in [0, 0.05) is 44.6 Å². The number of anilines is 1. The van der Waals surface area contributed by atoms with Crippen molar-refractivity contribution in [3.8, 4) is 6.07 Å². The molecule has 0 amide bonds. The average Bonchev–Trinajstić information content (AvgIpc) is 2.56. The van der Waals surface area contributed by atoms with E-state index >= 15 is 0 Å². The van der Waals surface area contributed by atoms with Gasteiger partial charge in [-0.15, -0.1) is 0 Å². The molecule has 5 heteroatoms. The molecule has 0 radical (unpaired) electrons. The molecule has 0 aromatic carbocycles. The van der Waals surface area contributed by atoms with E-state index in [9.17, 15) is 5.26 Å². The first-order valence-corrected chi connectivity index (χ1v) is 7.93. The lowest BCUT2D eigenvalue weighted by molar-refractivity contribution is 0.246. The van der Waals surface area contributed by atoms with Crippen LogP contribution < -0.4 is 4.90 Å². The summed E-state index contributed by atoms with van der Waals surface area (Å²) in [4.78, 5) is 13.6. The van der Waals surface area contributed by atoms with Gasteiger partial charge in [-0.2, -0.15) is 5.26 Å². The molecule has 0 spiro atoms. The Bertz CT molecular complexity index is 712. The molecule has 0 N–H and O–H groups in total. The lowest BCUT2D eigenvalue weighted by atomic mass is 10.1. The number of aromatic nitrogens is 2. The van der Waals surface area contributed by atoms with Crippen molar-refractivity contribution in [1.29, 1.82) is 5.26 Å². The summed E-state index contributed by atoms with van der Waals surface area (Å²) < 4.78 is 0. The minimum Gasteiger partial charge on any atom is -0.353 e. The minimum absolute atomic E-state index is 0.703. The van der Waals surface area contributed by atoms with Crippen LogP contribution in [-0.4, -0.2) is 41.0 Å². The molecule has 1 fully saturated rings. The van der Waals surface area contributed by atoms with E-state index in [-0.39, 0.29) is 0 Å². The van der Waals surface area contributed by atoms with Gasteiger partial charge in [-0.3, -0.25) is 9.88 Å².